The molecule has 6 N–H and O–H groups in total. The Balaban J connectivity index is 2.08. The first-order chi connectivity index (χ1) is 39.8. The number of aliphatic hydroxyl groups excluding tert-OH is 5. The van der Waals surface area contributed by atoms with Gasteiger partial charge in [-0.1, -0.05) is 380 Å². The SMILES string of the molecule is CCCCCCCCCCCCCCCCCCCCCCCCCCCCCCCC(=O)NC(COC1OC(CO)C(O)C(O)C1O)C(O)CCCCCCCCCCCCCCCCCCCCCCCCCCCCCCC. The Labute approximate surface area is 504 Å². The van der Waals surface area contributed by atoms with Gasteiger partial charge < -0.3 is 40.3 Å². The van der Waals surface area contributed by atoms with Gasteiger partial charge in [0, 0.05) is 6.42 Å². The summed E-state index contributed by atoms with van der Waals surface area (Å²) in [7, 11) is 0. The fourth-order valence-corrected chi connectivity index (χ4v) is 12.5. The summed E-state index contributed by atoms with van der Waals surface area (Å²) in [5, 5.41) is 55.0. The molecule has 484 valence electrons. The van der Waals surface area contributed by atoms with Gasteiger partial charge in [0.25, 0.3) is 0 Å². The summed E-state index contributed by atoms with van der Waals surface area (Å²) in [6.45, 7) is 3.92. The van der Waals surface area contributed by atoms with E-state index in [2.05, 4.69) is 19.2 Å². The maximum atomic E-state index is 13.2. The van der Waals surface area contributed by atoms with Gasteiger partial charge in [0.05, 0.1) is 25.4 Å². The zero-order chi connectivity index (χ0) is 58.6. The summed E-state index contributed by atoms with van der Waals surface area (Å²) in [6, 6.07) is -0.715. The lowest BCUT2D eigenvalue weighted by atomic mass is 9.99. The molecule has 1 aliphatic rings. The number of rotatable bonds is 66. The van der Waals surface area contributed by atoms with Crippen LogP contribution < -0.4 is 5.32 Å². The first-order valence-electron chi connectivity index (χ1n) is 36.7. The number of nitrogens with one attached hydrogen (secondary N) is 1. The molecule has 1 heterocycles. The molecule has 0 spiro atoms. The van der Waals surface area contributed by atoms with Gasteiger partial charge in [0.1, 0.15) is 24.4 Å². The molecule has 1 fully saturated rings. The zero-order valence-corrected chi connectivity index (χ0v) is 54.3. The quantitative estimate of drug-likeness (QED) is 0.0330. The van der Waals surface area contributed by atoms with Crippen LogP contribution in [0.3, 0.4) is 0 Å². The Morgan fingerprint density at radius 2 is 0.617 bits per heavy atom. The highest BCUT2D eigenvalue weighted by atomic mass is 16.7. The average molecular weight is 1150 g/mol. The topological polar surface area (TPSA) is 149 Å². The van der Waals surface area contributed by atoms with Crippen molar-refractivity contribution >= 4 is 5.91 Å². The van der Waals surface area contributed by atoms with Gasteiger partial charge in [0.2, 0.25) is 5.91 Å². The van der Waals surface area contributed by atoms with Crippen LogP contribution in [0.4, 0.5) is 0 Å². The lowest BCUT2D eigenvalue weighted by Crippen LogP contribution is -2.60. The molecular formula is C72H143NO8. The predicted molar refractivity (Wildman–Crippen MR) is 346 cm³/mol. The number of amides is 1. The summed E-state index contributed by atoms with van der Waals surface area (Å²) in [4.78, 5) is 13.2. The minimum Gasteiger partial charge on any atom is -0.394 e. The summed E-state index contributed by atoms with van der Waals surface area (Å²) < 4.78 is 11.4. The number of unbranched alkanes of at least 4 members (excludes halogenated alkanes) is 56. The highest BCUT2D eigenvalue weighted by Gasteiger charge is 2.44. The Kier molecular flexibility index (Phi) is 60.1. The summed E-state index contributed by atoms with van der Waals surface area (Å²) >= 11 is 0. The first kappa shape index (κ1) is 78.2. The Bertz CT molecular complexity index is 1240. The van der Waals surface area contributed by atoms with Crippen molar-refractivity contribution in [3.63, 3.8) is 0 Å². The molecular weight excluding hydrogens is 1010 g/mol. The molecule has 7 atom stereocenters. The highest BCUT2D eigenvalue weighted by Crippen LogP contribution is 2.24. The van der Waals surface area contributed by atoms with E-state index in [-0.39, 0.29) is 12.5 Å². The van der Waals surface area contributed by atoms with Crippen molar-refractivity contribution in [3.8, 4) is 0 Å². The zero-order valence-electron chi connectivity index (χ0n) is 54.3. The van der Waals surface area contributed by atoms with E-state index in [0.29, 0.717) is 12.8 Å². The lowest BCUT2D eigenvalue weighted by Gasteiger charge is -2.40. The third-order valence-corrected chi connectivity index (χ3v) is 18.2. The number of carbonyl (C=O) groups excluding carboxylic acids is 1. The number of carbonyl (C=O) groups is 1. The van der Waals surface area contributed by atoms with Crippen LogP contribution in [0.1, 0.15) is 399 Å². The van der Waals surface area contributed by atoms with Crippen LogP contribution >= 0.6 is 0 Å². The van der Waals surface area contributed by atoms with E-state index < -0.39 is 49.5 Å². The van der Waals surface area contributed by atoms with Crippen molar-refractivity contribution < 1.29 is 39.8 Å². The second-order valence-corrected chi connectivity index (χ2v) is 26.1. The number of hydrogen-bond donors (Lipinski definition) is 6. The van der Waals surface area contributed by atoms with E-state index in [9.17, 15) is 30.3 Å². The van der Waals surface area contributed by atoms with Gasteiger partial charge in [-0.25, -0.2) is 0 Å². The second-order valence-electron chi connectivity index (χ2n) is 26.1. The Morgan fingerprint density at radius 3 is 0.877 bits per heavy atom. The van der Waals surface area contributed by atoms with Crippen LogP contribution in [-0.4, -0.2) is 87.5 Å². The van der Waals surface area contributed by atoms with E-state index in [1.165, 1.54) is 334 Å². The van der Waals surface area contributed by atoms with Gasteiger partial charge in [0.15, 0.2) is 6.29 Å². The van der Waals surface area contributed by atoms with Crippen molar-refractivity contribution in [1.82, 2.24) is 5.32 Å². The van der Waals surface area contributed by atoms with Gasteiger partial charge in [-0.05, 0) is 12.8 Å². The highest BCUT2D eigenvalue weighted by molar-refractivity contribution is 5.76. The van der Waals surface area contributed by atoms with E-state index in [1.807, 2.05) is 0 Å². The van der Waals surface area contributed by atoms with Crippen LogP contribution in [0, 0.1) is 0 Å². The third-order valence-electron chi connectivity index (χ3n) is 18.2. The molecule has 0 aromatic carbocycles. The summed E-state index contributed by atoms with van der Waals surface area (Å²) in [5.41, 5.74) is 0. The fraction of sp³-hybridized carbons (Fsp3) is 0.986. The maximum Gasteiger partial charge on any atom is 0.220 e. The van der Waals surface area contributed by atoms with E-state index in [4.69, 9.17) is 9.47 Å². The molecule has 9 heteroatoms. The van der Waals surface area contributed by atoms with E-state index in [0.717, 1.165) is 38.5 Å². The van der Waals surface area contributed by atoms with Crippen LogP contribution in [0.5, 0.6) is 0 Å². The first-order valence-corrected chi connectivity index (χ1v) is 36.7. The molecule has 0 bridgehead atoms. The minimum absolute atomic E-state index is 0.130. The number of aliphatic hydroxyl groups is 5. The Morgan fingerprint density at radius 1 is 0.370 bits per heavy atom. The normalized spacial score (nSPS) is 18.2. The summed E-state index contributed by atoms with van der Waals surface area (Å²) in [6.07, 6.45) is 71.9. The predicted octanol–water partition coefficient (Wildman–Crippen LogP) is 20.1. The van der Waals surface area contributed by atoms with E-state index >= 15 is 0 Å². The number of hydrogen-bond acceptors (Lipinski definition) is 8. The van der Waals surface area contributed by atoms with Crippen LogP contribution in [0.15, 0.2) is 0 Å². The molecule has 0 radical (unpaired) electrons. The van der Waals surface area contributed by atoms with Crippen molar-refractivity contribution in [1.29, 1.82) is 0 Å². The van der Waals surface area contributed by atoms with Crippen LogP contribution in [0.2, 0.25) is 0 Å². The molecule has 0 aliphatic carbocycles. The number of ether oxygens (including phenoxy) is 2. The third kappa shape index (κ3) is 51.0. The van der Waals surface area contributed by atoms with Crippen molar-refractivity contribution in [3.05, 3.63) is 0 Å². The molecule has 1 rings (SSSR count). The van der Waals surface area contributed by atoms with Gasteiger partial charge in [-0.2, -0.15) is 0 Å². The average Bonchev–Trinajstić information content (AvgIpc) is 3.51. The van der Waals surface area contributed by atoms with E-state index in [1.54, 1.807) is 0 Å². The molecule has 0 aromatic heterocycles. The smallest absolute Gasteiger partial charge is 0.220 e. The van der Waals surface area contributed by atoms with Crippen LogP contribution in [-0.2, 0) is 14.3 Å². The fourth-order valence-electron chi connectivity index (χ4n) is 12.5. The van der Waals surface area contributed by atoms with Gasteiger partial charge in [-0.3, -0.25) is 4.79 Å². The second kappa shape index (κ2) is 62.2. The minimum atomic E-state index is -1.55. The largest absolute Gasteiger partial charge is 0.394 e. The van der Waals surface area contributed by atoms with Crippen molar-refractivity contribution in [2.75, 3.05) is 13.2 Å². The van der Waals surface area contributed by atoms with Gasteiger partial charge >= 0.3 is 0 Å². The van der Waals surface area contributed by atoms with Crippen LogP contribution in [0.25, 0.3) is 0 Å². The maximum absolute atomic E-state index is 13.2. The van der Waals surface area contributed by atoms with Gasteiger partial charge in [-0.15, -0.1) is 0 Å². The molecule has 81 heavy (non-hydrogen) atoms. The molecule has 1 amide bonds. The standard InChI is InChI=1S/C72H143NO8/c1-3-5-7-9-11-13-15-17-19-21-23-25-27-29-31-33-35-37-39-41-43-45-47-49-51-53-55-57-59-61-66(75)65(64-80-72-71(79)70(78)69(77)67(63-74)81-72)73-68(76)62-60-58-56-54-52-50-48-46-44-42-40-38-36-34-32-30-28-26-24-22-20-18-16-14-12-10-8-6-4-2/h65-67,69-72,74-75,77-79H,3-64H2,1-2H3,(H,73,76). The molecule has 1 aliphatic heterocycles. The van der Waals surface area contributed by atoms with Crippen molar-refractivity contribution in [2.24, 2.45) is 0 Å². The molecule has 1 saturated heterocycles. The van der Waals surface area contributed by atoms with Crippen molar-refractivity contribution in [2.45, 2.75) is 442 Å². The molecule has 9 nitrogen and oxygen atoms in total. The Hall–Kier alpha value is -0.810. The summed E-state index contributed by atoms with van der Waals surface area (Å²) in [5.74, 6) is -0.132. The lowest BCUT2D eigenvalue weighted by molar-refractivity contribution is -0.302. The molecule has 0 saturated carbocycles. The molecule has 7 unspecified atom stereocenters. The molecule has 0 aromatic rings. The monoisotopic (exact) mass is 1150 g/mol.